The van der Waals surface area contributed by atoms with Crippen molar-refractivity contribution in [2.75, 3.05) is 13.4 Å². The summed E-state index contributed by atoms with van der Waals surface area (Å²) in [4.78, 5) is 10.8. The molecule has 0 fully saturated rings. The molecule has 0 heterocycles. The second kappa shape index (κ2) is 18.3. The molecule has 0 aliphatic carbocycles. The predicted molar refractivity (Wildman–Crippen MR) is 89.8 cm³/mol. The van der Waals surface area contributed by atoms with E-state index in [1.54, 1.807) is 0 Å². The van der Waals surface area contributed by atoms with Crippen LogP contribution in [0, 0.1) is 0 Å². The minimum Gasteiger partial charge on any atom is -0.434 e. The monoisotopic (exact) mass is 316 g/mol. The van der Waals surface area contributed by atoms with Crippen LogP contribution in [-0.4, -0.2) is 24.7 Å². The normalized spacial score (nSPS) is 10.6. The number of rotatable bonds is 16. The van der Waals surface area contributed by atoms with Crippen LogP contribution < -0.4 is 0 Å². The van der Waals surface area contributed by atoms with Crippen LogP contribution in [0.1, 0.15) is 96.8 Å². The molecule has 0 atom stereocenters. The topological polar surface area (TPSA) is 55.8 Å². The molecule has 132 valence electrons. The lowest BCUT2D eigenvalue weighted by Gasteiger charge is -2.04. The van der Waals surface area contributed by atoms with E-state index in [-0.39, 0.29) is 0 Å². The molecule has 0 unspecified atom stereocenters. The van der Waals surface area contributed by atoms with Gasteiger partial charge in [-0.1, -0.05) is 90.4 Å². The van der Waals surface area contributed by atoms with Gasteiger partial charge in [-0.15, -0.1) is 0 Å². The summed E-state index contributed by atoms with van der Waals surface area (Å²) in [7, 11) is 0. The van der Waals surface area contributed by atoms with Gasteiger partial charge in [-0.25, -0.2) is 4.79 Å². The molecule has 0 radical (unpaired) electrons. The zero-order chi connectivity index (χ0) is 16.3. The second-order valence-electron chi connectivity index (χ2n) is 5.97. The molecule has 0 bridgehead atoms. The Morgan fingerprint density at radius 1 is 0.682 bits per heavy atom. The van der Waals surface area contributed by atoms with Gasteiger partial charge in [-0.2, -0.15) is 0 Å². The summed E-state index contributed by atoms with van der Waals surface area (Å²) in [5.74, 6) is 0. The van der Waals surface area contributed by atoms with Crippen LogP contribution in [0.25, 0.3) is 0 Å². The molecule has 0 amide bonds. The molecule has 0 spiro atoms. The third-order valence-electron chi connectivity index (χ3n) is 3.90. The molecule has 0 rings (SSSR count). The van der Waals surface area contributed by atoms with Crippen molar-refractivity contribution in [1.82, 2.24) is 0 Å². The summed E-state index contributed by atoms with van der Waals surface area (Å²) >= 11 is 0. The van der Waals surface area contributed by atoms with Crippen molar-refractivity contribution < 1.29 is 19.4 Å². The van der Waals surface area contributed by atoms with Crippen molar-refractivity contribution in [3.05, 3.63) is 0 Å². The van der Waals surface area contributed by atoms with E-state index in [0.717, 1.165) is 12.8 Å². The van der Waals surface area contributed by atoms with Crippen LogP contribution in [0.15, 0.2) is 0 Å². The fourth-order valence-electron chi connectivity index (χ4n) is 2.55. The Bertz CT molecular complexity index is 231. The summed E-state index contributed by atoms with van der Waals surface area (Å²) in [5, 5.41) is 8.34. The van der Waals surface area contributed by atoms with E-state index in [0.29, 0.717) is 6.61 Å². The molecule has 1 N–H and O–H groups in total. The van der Waals surface area contributed by atoms with Crippen molar-refractivity contribution in [2.45, 2.75) is 96.8 Å². The number of unbranched alkanes of at least 4 members (excludes halogenated alkanes) is 13. The first-order valence-corrected chi connectivity index (χ1v) is 9.21. The minimum absolute atomic E-state index is 0.386. The standard InChI is InChI=1S/C18H36O4/c1-2-3-4-5-6-7-8-9-10-11-12-13-14-15-16-21-18(20)22-17-19/h19H,2-17H2,1H3. The summed E-state index contributed by atoms with van der Waals surface area (Å²) in [5.41, 5.74) is 0. The van der Waals surface area contributed by atoms with Crippen LogP contribution >= 0.6 is 0 Å². The second-order valence-corrected chi connectivity index (χ2v) is 5.97. The van der Waals surface area contributed by atoms with Gasteiger partial charge in [0.2, 0.25) is 0 Å². The number of aliphatic hydroxyl groups is 1. The SMILES string of the molecule is CCCCCCCCCCCCCCCCOC(=O)OCO. The van der Waals surface area contributed by atoms with Gasteiger partial charge in [0.1, 0.15) is 0 Å². The maximum Gasteiger partial charge on any atom is 0.510 e. The van der Waals surface area contributed by atoms with Gasteiger partial charge in [0.05, 0.1) is 6.61 Å². The van der Waals surface area contributed by atoms with Crippen LogP contribution in [-0.2, 0) is 9.47 Å². The first kappa shape index (κ1) is 21.2. The van der Waals surface area contributed by atoms with Gasteiger partial charge in [0.25, 0.3) is 0 Å². The number of aliphatic hydroxyl groups excluding tert-OH is 1. The molecule has 0 aromatic carbocycles. The van der Waals surface area contributed by atoms with Crippen LogP contribution in [0.4, 0.5) is 4.79 Å². The molecule has 0 aliphatic heterocycles. The quantitative estimate of drug-likeness (QED) is 0.230. The molecule has 22 heavy (non-hydrogen) atoms. The minimum atomic E-state index is -0.780. The van der Waals surface area contributed by atoms with Gasteiger partial charge in [0, 0.05) is 0 Å². The smallest absolute Gasteiger partial charge is 0.434 e. The third kappa shape index (κ3) is 17.3. The summed E-state index contributed by atoms with van der Waals surface area (Å²) < 4.78 is 9.02. The Labute approximate surface area is 136 Å². The molecular weight excluding hydrogens is 280 g/mol. The number of carbonyl (C=O) groups excluding carboxylic acids is 1. The summed E-state index contributed by atoms with van der Waals surface area (Å²) in [6.45, 7) is 2.03. The highest BCUT2D eigenvalue weighted by atomic mass is 16.8. The maximum atomic E-state index is 10.8. The molecule has 0 aromatic heterocycles. The first-order chi connectivity index (χ1) is 10.8. The van der Waals surface area contributed by atoms with Crippen LogP contribution in [0.3, 0.4) is 0 Å². The number of hydrogen-bond acceptors (Lipinski definition) is 4. The molecular formula is C18H36O4. The highest BCUT2D eigenvalue weighted by Gasteiger charge is 2.01. The Morgan fingerprint density at radius 2 is 1.09 bits per heavy atom. The molecule has 0 aliphatic rings. The van der Waals surface area contributed by atoms with Crippen LogP contribution in [0.5, 0.6) is 0 Å². The van der Waals surface area contributed by atoms with Gasteiger partial charge < -0.3 is 14.6 Å². The number of hydrogen-bond donors (Lipinski definition) is 1. The zero-order valence-electron chi connectivity index (χ0n) is 14.5. The average molecular weight is 316 g/mol. The third-order valence-corrected chi connectivity index (χ3v) is 3.90. The zero-order valence-corrected chi connectivity index (χ0v) is 14.5. The molecule has 0 saturated carbocycles. The van der Waals surface area contributed by atoms with Crippen molar-refractivity contribution in [3.63, 3.8) is 0 Å². The van der Waals surface area contributed by atoms with Crippen molar-refractivity contribution in [3.8, 4) is 0 Å². The van der Waals surface area contributed by atoms with Crippen molar-refractivity contribution in [1.29, 1.82) is 0 Å². The van der Waals surface area contributed by atoms with E-state index >= 15 is 0 Å². The highest BCUT2D eigenvalue weighted by Crippen LogP contribution is 2.12. The summed E-state index contributed by atoms with van der Waals surface area (Å²) in [6, 6.07) is 0. The molecule has 4 heteroatoms. The molecule has 0 aromatic rings. The maximum absolute atomic E-state index is 10.8. The van der Waals surface area contributed by atoms with Crippen molar-refractivity contribution in [2.24, 2.45) is 0 Å². The molecule has 4 nitrogen and oxygen atoms in total. The van der Waals surface area contributed by atoms with E-state index < -0.39 is 12.9 Å². The van der Waals surface area contributed by atoms with E-state index in [9.17, 15) is 4.79 Å². The van der Waals surface area contributed by atoms with Crippen molar-refractivity contribution >= 4 is 6.16 Å². The van der Waals surface area contributed by atoms with Crippen LogP contribution in [0.2, 0.25) is 0 Å². The van der Waals surface area contributed by atoms with Gasteiger partial charge in [0.15, 0.2) is 6.79 Å². The van der Waals surface area contributed by atoms with Gasteiger partial charge >= 0.3 is 6.16 Å². The number of ether oxygens (including phenoxy) is 2. The fraction of sp³-hybridized carbons (Fsp3) is 0.944. The molecule has 0 saturated heterocycles. The van der Waals surface area contributed by atoms with E-state index in [2.05, 4.69) is 11.7 Å². The van der Waals surface area contributed by atoms with Gasteiger partial charge in [-0.3, -0.25) is 0 Å². The first-order valence-electron chi connectivity index (χ1n) is 9.21. The summed E-state index contributed by atoms with van der Waals surface area (Å²) in [6.07, 6.45) is 17.5. The van der Waals surface area contributed by atoms with Gasteiger partial charge in [-0.05, 0) is 6.42 Å². The predicted octanol–water partition coefficient (Wildman–Crippen LogP) is 5.57. The number of carbonyl (C=O) groups is 1. The Kier molecular flexibility index (Phi) is 17.6. The van der Waals surface area contributed by atoms with E-state index in [1.807, 2.05) is 0 Å². The Morgan fingerprint density at radius 3 is 1.50 bits per heavy atom. The fourth-order valence-corrected chi connectivity index (χ4v) is 2.55. The lowest BCUT2D eigenvalue weighted by Crippen LogP contribution is -2.08. The lowest BCUT2D eigenvalue weighted by atomic mass is 10.0. The van der Waals surface area contributed by atoms with E-state index in [1.165, 1.54) is 77.0 Å². The average Bonchev–Trinajstić information content (AvgIpc) is 2.51. The largest absolute Gasteiger partial charge is 0.510 e. The lowest BCUT2D eigenvalue weighted by molar-refractivity contribution is -0.00609. The Balaban J connectivity index is 3.01. The Hall–Kier alpha value is -0.770. The van der Waals surface area contributed by atoms with E-state index in [4.69, 9.17) is 9.84 Å². The highest BCUT2D eigenvalue weighted by molar-refractivity contribution is 5.59.